The summed E-state index contributed by atoms with van der Waals surface area (Å²) in [6.45, 7) is 12.3. The van der Waals surface area contributed by atoms with E-state index < -0.39 is 10.0 Å². The molecule has 40 heavy (non-hydrogen) atoms. The Morgan fingerprint density at radius 3 is 2.35 bits per heavy atom. The van der Waals surface area contributed by atoms with Crippen molar-refractivity contribution in [2.75, 3.05) is 69.2 Å². The summed E-state index contributed by atoms with van der Waals surface area (Å²) in [5.41, 5.74) is 4.12. The monoisotopic (exact) mass is 566 g/mol. The Labute approximate surface area is 237 Å². The summed E-state index contributed by atoms with van der Waals surface area (Å²) >= 11 is 0. The van der Waals surface area contributed by atoms with E-state index in [2.05, 4.69) is 62.6 Å². The third-order valence-corrected chi connectivity index (χ3v) is 8.86. The maximum atomic E-state index is 13.4. The Morgan fingerprint density at radius 1 is 0.950 bits per heavy atom. The summed E-state index contributed by atoms with van der Waals surface area (Å²) in [5.74, 6) is 0.0369. The van der Waals surface area contributed by atoms with Crippen molar-refractivity contribution < 1.29 is 17.9 Å². The Balaban J connectivity index is 1.28. The molecule has 2 aliphatic rings. The maximum absolute atomic E-state index is 13.4. The van der Waals surface area contributed by atoms with Crippen molar-refractivity contribution in [3.63, 3.8) is 0 Å². The molecule has 2 saturated heterocycles. The lowest BCUT2D eigenvalue weighted by Crippen LogP contribution is -2.48. The van der Waals surface area contributed by atoms with Crippen molar-refractivity contribution >= 4 is 21.4 Å². The Kier molecular flexibility index (Phi) is 8.84. The molecule has 10 nitrogen and oxygen atoms in total. The molecule has 1 aromatic carbocycles. The van der Waals surface area contributed by atoms with Crippen LogP contribution in [0.5, 0.6) is 5.88 Å². The number of rotatable bonds is 9. The van der Waals surface area contributed by atoms with Gasteiger partial charge in [-0.15, -0.1) is 0 Å². The van der Waals surface area contributed by atoms with E-state index in [9.17, 15) is 8.42 Å². The Hall–Kier alpha value is -3.25. The first-order valence-corrected chi connectivity index (χ1v) is 15.2. The van der Waals surface area contributed by atoms with Gasteiger partial charge in [0.2, 0.25) is 5.88 Å². The summed E-state index contributed by atoms with van der Waals surface area (Å²) in [5, 5.41) is 0. The van der Waals surface area contributed by atoms with Gasteiger partial charge in [0.25, 0.3) is 10.0 Å². The van der Waals surface area contributed by atoms with Gasteiger partial charge in [-0.2, -0.15) is 0 Å². The fraction of sp³-hybridized carbons (Fsp3) is 0.448. The molecule has 0 spiro atoms. The molecule has 2 fully saturated rings. The Morgan fingerprint density at radius 2 is 1.68 bits per heavy atom. The number of benzene rings is 1. The average molecular weight is 567 g/mol. The van der Waals surface area contributed by atoms with Gasteiger partial charge in [0.05, 0.1) is 44.1 Å². The van der Waals surface area contributed by atoms with Crippen LogP contribution in [0.1, 0.15) is 19.4 Å². The highest BCUT2D eigenvalue weighted by molar-refractivity contribution is 7.92. The third-order valence-electron chi connectivity index (χ3n) is 7.48. The molecule has 214 valence electrons. The maximum Gasteiger partial charge on any atom is 0.267 e. The molecule has 0 unspecified atom stereocenters. The molecule has 0 atom stereocenters. The van der Waals surface area contributed by atoms with Crippen LogP contribution in [0.4, 0.5) is 11.4 Å². The summed E-state index contributed by atoms with van der Waals surface area (Å²) in [4.78, 5) is 15.6. The highest BCUT2D eigenvalue weighted by atomic mass is 32.2. The lowest BCUT2D eigenvalue weighted by molar-refractivity contribution is 0.104. The molecule has 2 aliphatic heterocycles. The number of hydrogen-bond donors (Lipinski definition) is 1. The highest BCUT2D eigenvalue weighted by Gasteiger charge is 2.24. The van der Waals surface area contributed by atoms with Crippen molar-refractivity contribution in [3.05, 3.63) is 60.6 Å². The third kappa shape index (κ3) is 6.72. The molecule has 0 amide bonds. The zero-order chi connectivity index (χ0) is 28.1. The van der Waals surface area contributed by atoms with Crippen LogP contribution in [-0.4, -0.2) is 93.8 Å². The first kappa shape index (κ1) is 28.3. The molecule has 4 heterocycles. The quantitative estimate of drug-likeness (QED) is 0.418. The fourth-order valence-electron chi connectivity index (χ4n) is 5.12. The van der Waals surface area contributed by atoms with E-state index in [4.69, 9.17) is 9.47 Å². The van der Waals surface area contributed by atoms with Gasteiger partial charge in [0, 0.05) is 63.6 Å². The molecule has 3 aromatic rings. The van der Waals surface area contributed by atoms with Gasteiger partial charge in [-0.3, -0.25) is 19.5 Å². The van der Waals surface area contributed by atoms with Gasteiger partial charge in [-0.25, -0.2) is 13.4 Å². The van der Waals surface area contributed by atoms with Crippen molar-refractivity contribution in [2.24, 2.45) is 0 Å². The van der Waals surface area contributed by atoms with E-state index in [-0.39, 0.29) is 10.8 Å². The van der Waals surface area contributed by atoms with Gasteiger partial charge >= 0.3 is 0 Å². The molecule has 0 bridgehead atoms. The van der Waals surface area contributed by atoms with Gasteiger partial charge in [0.1, 0.15) is 0 Å². The molecule has 0 radical (unpaired) electrons. The summed E-state index contributed by atoms with van der Waals surface area (Å²) < 4.78 is 40.3. The molecular weight excluding hydrogens is 528 g/mol. The van der Waals surface area contributed by atoms with Crippen LogP contribution in [0.25, 0.3) is 11.1 Å². The molecule has 0 saturated carbocycles. The first-order chi connectivity index (χ1) is 19.3. The van der Waals surface area contributed by atoms with E-state index in [1.807, 2.05) is 4.90 Å². The number of sulfonamides is 1. The molecule has 11 heteroatoms. The Bertz CT molecular complexity index is 1390. The standard InChI is InChI=1S/C29H38N6O4S/c1-22(2)34-10-8-33(9-11-34)21-23-4-6-24(7-5-23)25-16-26(19-30-18-25)32-40(36,37)28-17-27(20-31-29(28)38-3)35-12-14-39-15-13-35/h4-7,16-20,22,32H,8-15,21H2,1-3H3. The topological polar surface area (TPSA) is 100 Å². The van der Waals surface area contributed by atoms with Crippen LogP contribution >= 0.6 is 0 Å². The second-order valence-corrected chi connectivity index (χ2v) is 12.1. The number of ether oxygens (including phenoxy) is 2. The summed E-state index contributed by atoms with van der Waals surface area (Å²) in [6, 6.07) is 12.4. The second-order valence-electron chi connectivity index (χ2n) is 10.5. The number of hydrogen-bond acceptors (Lipinski definition) is 9. The van der Waals surface area contributed by atoms with E-state index in [1.165, 1.54) is 18.9 Å². The smallest absolute Gasteiger partial charge is 0.267 e. The fourth-order valence-corrected chi connectivity index (χ4v) is 6.30. The number of nitrogens with one attached hydrogen (secondary N) is 1. The number of piperazine rings is 1. The number of pyridine rings is 2. The zero-order valence-corrected chi connectivity index (χ0v) is 24.2. The minimum absolute atomic E-state index is 0.0250. The van der Waals surface area contributed by atoms with E-state index in [0.29, 0.717) is 43.7 Å². The lowest BCUT2D eigenvalue weighted by atomic mass is 10.0. The number of methoxy groups -OCH3 is 1. The van der Waals surface area contributed by atoms with E-state index in [1.54, 1.807) is 24.5 Å². The summed E-state index contributed by atoms with van der Waals surface area (Å²) in [7, 11) is -2.58. The minimum atomic E-state index is -3.99. The van der Waals surface area contributed by atoms with Gasteiger partial charge in [0.15, 0.2) is 4.90 Å². The molecule has 1 N–H and O–H groups in total. The van der Waals surface area contributed by atoms with Gasteiger partial charge in [-0.05, 0) is 37.1 Å². The predicted octanol–water partition coefficient (Wildman–Crippen LogP) is 3.32. The second kappa shape index (κ2) is 12.5. The predicted molar refractivity (Wildman–Crippen MR) is 156 cm³/mol. The average Bonchev–Trinajstić information content (AvgIpc) is 2.98. The normalized spacial score (nSPS) is 17.2. The van der Waals surface area contributed by atoms with Gasteiger partial charge < -0.3 is 14.4 Å². The molecule has 0 aliphatic carbocycles. The van der Waals surface area contributed by atoms with Crippen LogP contribution in [0.15, 0.2) is 59.9 Å². The number of anilines is 2. The molecule has 5 rings (SSSR count). The number of aromatic nitrogens is 2. The summed E-state index contributed by atoms with van der Waals surface area (Å²) in [6.07, 6.45) is 4.86. The minimum Gasteiger partial charge on any atom is -0.480 e. The number of nitrogens with zero attached hydrogens (tertiary/aromatic N) is 5. The van der Waals surface area contributed by atoms with Crippen LogP contribution in [0, 0.1) is 0 Å². The van der Waals surface area contributed by atoms with Crippen LogP contribution in [0.2, 0.25) is 0 Å². The van der Waals surface area contributed by atoms with Crippen molar-refractivity contribution in [1.29, 1.82) is 0 Å². The van der Waals surface area contributed by atoms with Crippen LogP contribution < -0.4 is 14.4 Å². The zero-order valence-electron chi connectivity index (χ0n) is 23.4. The van der Waals surface area contributed by atoms with Gasteiger partial charge in [-0.1, -0.05) is 24.3 Å². The lowest BCUT2D eigenvalue weighted by Gasteiger charge is -2.36. The molecular formula is C29H38N6O4S. The van der Waals surface area contributed by atoms with E-state index >= 15 is 0 Å². The SMILES string of the molecule is COc1ncc(N2CCOCC2)cc1S(=O)(=O)Nc1cncc(-c2ccc(CN3CCN(C(C)C)CC3)cc2)c1. The van der Waals surface area contributed by atoms with Crippen molar-refractivity contribution in [1.82, 2.24) is 19.8 Å². The van der Waals surface area contributed by atoms with Crippen molar-refractivity contribution in [2.45, 2.75) is 31.3 Å². The first-order valence-electron chi connectivity index (χ1n) is 13.7. The van der Waals surface area contributed by atoms with Crippen LogP contribution in [-0.2, 0) is 21.3 Å². The highest BCUT2D eigenvalue weighted by Crippen LogP contribution is 2.30. The molecule has 2 aromatic heterocycles. The number of morpholine rings is 1. The largest absolute Gasteiger partial charge is 0.480 e. The van der Waals surface area contributed by atoms with E-state index in [0.717, 1.165) is 43.9 Å². The van der Waals surface area contributed by atoms with Crippen molar-refractivity contribution in [3.8, 4) is 17.0 Å². The van der Waals surface area contributed by atoms with Crippen LogP contribution in [0.3, 0.4) is 0 Å².